The van der Waals surface area contributed by atoms with Crippen LogP contribution in [0.1, 0.15) is 16.7 Å². The Kier molecular flexibility index (Phi) is 8.24. The Labute approximate surface area is 222 Å². The highest BCUT2D eigenvalue weighted by Gasteiger charge is 2.47. The Morgan fingerprint density at radius 2 is 1.06 bits per heavy atom. The minimum atomic E-state index is -1.65. The van der Waals surface area contributed by atoms with Gasteiger partial charge >= 0.3 is 0 Å². The van der Waals surface area contributed by atoms with Crippen molar-refractivity contribution >= 4 is 29.6 Å². The zero-order valence-corrected chi connectivity index (χ0v) is 23.0. The van der Waals surface area contributed by atoms with Crippen molar-refractivity contribution in [1.82, 2.24) is 0 Å². The second-order valence-corrected chi connectivity index (χ2v) is 13.5. The summed E-state index contributed by atoms with van der Waals surface area (Å²) >= 11 is 0. The molecule has 36 heavy (non-hydrogen) atoms. The molecule has 0 unspecified atom stereocenters. The molecule has 0 aromatic heterocycles. The Balaban J connectivity index is 0.00000304. The van der Waals surface area contributed by atoms with Crippen LogP contribution in [0.25, 0.3) is 0 Å². The van der Waals surface area contributed by atoms with Crippen molar-refractivity contribution < 1.29 is 12.4 Å². The molecule has 5 heteroatoms. The average molecular weight is 516 g/mol. The van der Waals surface area contributed by atoms with Crippen molar-refractivity contribution in [2.24, 2.45) is 0 Å². The quantitative estimate of drug-likeness (QED) is 0.388. The van der Waals surface area contributed by atoms with E-state index in [9.17, 15) is 0 Å². The first-order valence-corrected chi connectivity index (χ1v) is 14.7. The summed E-state index contributed by atoms with van der Waals surface area (Å²) in [4.78, 5) is 5.17. The molecule has 0 saturated carbocycles. The maximum atomic E-state index is 3.84. The number of hydrogen-bond donors (Lipinski definition) is 1. The predicted octanol–water partition coefficient (Wildman–Crippen LogP) is 4.23. The lowest BCUT2D eigenvalue weighted by atomic mass is 10.2. The molecule has 1 aliphatic rings. The van der Waals surface area contributed by atoms with Gasteiger partial charge in [0.05, 0.1) is 12.0 Å². The highest BCUT2D eigenvalue weighted by molar-refractivity contribution is 7.83. The van der Waals surface area contributed by atoms with E-state index in [1.165, 1.54) is 39.1 Å². The Morgan fingerprint density at radius 1 is 0.611 bits per heavy atom. The summed E-state index contributed by atoms with van der Waals surface area (Å²) in [6, 6.07) is 38.0. The first kappa shape index (κ1) is 26.1. The molecule has 1 fully saturated rings. The number of hydrogen-bond acceptors (Lipinski definition) is 3. The third kappa shape index (κ3) is 5.86. The van der Waals surface area contributed by atoms with E-state index in [2.05, 4.69) is 139 Å². The molecule has 4 aromatic carbocycles. The Morgan fingerprint density at radius 3 is 1.53 bits per heavy atom. The van der Waals surface area contributed by atoms with Gasteiger partial charge in [0.15, 0.2) is 0 Å². The van der Waals surface area contributed by atoms with Crippen LogP contribution in [0.2, 0.25) is 0 Å². The number of aryl methyl sites for hydroxylation is 3. The van der Waals surface area contributed by atoms with Crippen molar-refractivity contribution in [3.63, 3.8) is 0 Å². The summed E-state index contributed by atoms with van der Waals surface area (Å²) in [6.45, 7) is 7.35. The molecule has 186 valence electrons. The summed E-state index contributed by atoms with van der Waals surface area (Å²) in [7, 11) is -1.65. The van der Waals surface area contributed by atoms with Crippen molar-refractivity contribution in [3.05, 3.63) is 120 Å². The molecule has 1 saturated heterocycles. The van der Waals surface area contributed by atoms with Crippen LogP contribution in [0.15, 0.2) is 103 Å². The van der Waals surface area contributed by atoms with Gasteiger partial charge in [0, 0.05) is 17.1 Å². The third-order valence-electron chi connectivity index (χ3n) is 6.96. The monoisotopic (exact) mass is 515 g/mol. The van der Waals surface area contributed by atoms with Crippen LogP contribution in [-0.4, -0.2) is 25.5 Å². The standard InChI is InChI=1S/C31H35N3P.ClH/c1-25-9-15-28(16-10-25)32-21-35(31-7-5-4-6-8-31)23-33(29-17-11-26(2)12-18-29)22-34(24-35)30-19-13-27(3)14-20-30;/h4-20,32H,21-24H2,1-3H3;1H/q+1;/p-1. The van der Waals surface area contributed by atoms with Crippen molar-refractivity contribution in [2.75, 3.05) is 40.6 Å². The minimum Gasteiger partial charge on any atom is -1.00 e. The van der Waals surface area contributed by atoms with Crippen molar-refractivity contribution in [2.45, 2.75) is 20.8 Å². The highest BCUT2D eigenvalue weighted by atomic mass is 35.5. The van der Waals surface area contributed by atoms with E-state index in [0.717, 1.165) is 25.5 Å². The summed E-state index contributed by atoms with van der Waals surface area (Å²) in [5.41, 5.74) is 7.67. The molecule has 4 aromatic rings. The molecule has 0 aliphatic carbocycles. The van der Waals surface area contributed by atoms with Crippen LogP contribution < -0.4 is 32.8 Å². The second kappa shape index (κ2) is 11.4. The van der Waals surface area contributed by atoms with Gasteiger partial charge in [-0.05, 0) is 69.3 Å². The number of nitrogens with zero attached hydrogens (tertiary/aromatic N) is 2. The first-order chi connectivity index (χ1) is 17.0. The lowest BCUT2D eigenvalue weighted by Gasteiger charge is -2.45. The Hall–Kier alpha value is -3.00. The van der Waals surface area contributed by atoms with Gasteiger partial charge in [-0.25, -0.2) is 0 Å². The van der Waals surface area contributed by atoms with E-state index in [-0.39, 0.29) is 12.4 Å². The van der Waals surface area contributed by atoms with Gasteiger partial charge < -0.3 is 27.5 Å². The second-order valence-electron chi connectivity index (χ2n) is 9.86. The number of benzene rings is 4. The lowest BCUT2D eigenvalue weighted by Crippen LogP contribution is -3.00. The SMILES string of the molecule is Cc1ccc(NC[P+]2(c3ccccc3)CN(c3ccc(C)cc3)CN(c3ccc(C)cc3)C2)cc1.[Cl-]. The van der Waals surface area contributed by atoms with Crippen LogP contribution in [0.5, 0.6) is 0 Å². The summed E-state index contributed by atoms with van der Waals surface area (Å²) in [5, 5.41) is 5.32. The maximum absolute atomic E-state index is 3.84. The van der Waals surface area contributed by atoms with E-state index in [1.54, 1.807) is 0 Å². The predicted molar refractivity (Wildman–Crippen MR) is 155 cm³/mol. The zero-order chi connectivity index (χ0) is 24.3. The van der Waals surface area contributed by atoms with E-state index in [4.69, 9.17) is 0 Å². The molecule has 0 amide bonds. The van der Waals surface area contributed by atoms with Crippen LogP contribution in [0.3, 0.4) is 0 Å². The van der Waals surface area contributed by atoms with E-state index < -0.39 is 7.26 Å². The van der Waals surface area contributed by atoms with E-state index >= 15 is 0 Å². The number of rotatable bonds is 6. The van der Waals surface area contributed by atoms with Gasteiger partial charge in [-0.15, -0.1) is 0 Å². The first-order valence-electron chi connectivity index (χ1n) is 12.4. The number of anilines is 3. The molecule has 1 aliphatic heterocycles. The molecule has 0 bridgehead atoms. The molecule has 1 N–H and O–H groups in total. The van der Waals surface area contributed by atoms with Gasteiger partial charge in [0.2, 0.25) is 0 Å². The molecule has 0 radical (unpaired) electrons. The fraction of sp³-hybridized carbons (Fsp3) is 0.226. The normalized spacial score (nSPS) is 14.8. The Bertz CT molecular complexity index is 1190. The number of halogens is 1. The fourth-order valence-corrected chi connectivity index (χ4v) is 8.75. The largest absolute Gasteiger partial charge is 1.00 e. The highest BCUT2D eigenvalue weighted by Crippen LogP contribution is 2.60. The molecular formula is C31H35ClN3P. The van der Waals surface area contributed by atoms with Gasteiger partial charge in [0.25, 0.3) is 0 Å². The zero-order valence-electron chi connectivity index (χ0n) is 21.4. The lowest BCUT2D eigenvalue weighted by molar-refractivity contribution is -0.00000714. The van der Waals surface area contributed by atoms with E-state index in [0.29, 0.717) is 0 Å². The fourth-order valence-electron chi connectivity index (χ4n) is 4.84. The van der Waals surface area contributed by atoms with Gasteiger partial charge in [-0.1, -0.05) is 71.3 Å². The smallest absolute Gasteiger partial charge is 0.140 e. The molecule has 3 nitrogen and oxygen atoms in total. The van der Waals surface area contributed by atoms with Crippen LogP contribution >= 0.6 is 7.26 Å². The summed E-state index contributed by atoms with van der Waals surface area (Å²) in [5.74, 6) is 0. The van der Waals surface area contributed by atoms with E-state index in [1.807, 2.05) is 0 Å². The molecule has 5 rings (SSSR count). The summed E-state index contributed by atoms with van der Waals surface area (Å²) < 4.78 is 0. The van der Waals surface area contributed by atoms with Crippen LogP contribution in [0, 0.1) is 20.8 Å². The maximum Gasteiger partial charge on any atom is 0.140 e. The van der Waals surface area contributed by atoms with Gasteiger partial charge in [-0.2, -0.15) is 0 Å². The molecular weight excluding hydrogens is 481 g/mol. The number of nitrogens with one attached hydrogen (secondary N) is 1. The molecule has 0 atom stereocenters. The summed E-state index contributed by atoms with van der Waals surface area (Å²) in [6.07, 6.45) is 3.08. The van der Waals surface area contributed by atoms with Crippen LogP contribution in [0.4, 0.5) is 17.1 Å². The average Bonchev–Trinajstić information content (AvgIpc) is 2.89. The topological polar surface area (TPSA) is 18.5 Å². The molecule has 1 heterocycles. The minimum absolute atomic E-state index is 0. The molecule has 0 spiro atoms. The van der Waals surface area contributed by atoms with Gasteiger partial charge in [0.1, 0.15) is 26.1 Å². The van der Waals surface area contributed by atoms with Crippen molar-refractivity contribution in [1.29, 1.82) is 0 Å². The third-order valence-corrected chi connectivity index (χ3v) is 10.9. The van der Waals surface area contributed by atoms with Gasteiger partial charge in [-0.3, -0.25) is 0 Å². The van der Waals surface area contributed by atoms with Crippen molar-refractivity contribution in [3.8, 4) is 0 Å². The van der Waals surface area contributed by atoms with Crippen LogP contribution in [-0.2, 0) is 0 Å².